The van der Waals surface area contributed by atoms with Gasteiger partial charge in [-0.3, -0.25) is 4.79 Å². The zero-order valence-corrected chi connectivity index (χ0v) is 15.2. The van der Waals surface area contributed by atoms with Gasteiger partial charge in [-0.05, 0) is 31.8 Å². The SMILES string of the molecule is CCCCC(CC)COC(=O)CCNCCCN1CCNCC1. The van der Waals surface area contributed by atoms with Gasteiger partial charge in [0.1, 0.15) is 0 Å². The Kier molecular flexibility index (Phi) is 12.2. The lowest BCUT2D eigenvalue weighted by molar-refractivity contribution is -0.145. The van der Waals surface area contributed by atoms with Crippen molar-refractivity contribution in [1.29, 1.82) is 0 Å². The van der Waals surface area contributed by atoms with Gasteiger partial charge in [-0.15, -0.1) is 0 Å². The Hall–Kier alpha value is -0.650. The molecule has 1 saturated heterocycles. The average Bonchev–Trinajstić information content (AvgIpc) is 2.59. The summed E-state index contributed by atoms with van der Waals surface area (Å²) < 4.78 is 5.40. The van der Waals surface area contributed by atoms with Crippen molar-refractivity contribution in [2.24, 2.45) is 5.92 Å². The van der Waals surface area contributed by atoms with E-state index in [1.54, 1.807) is 0 Å². The highest BCUT2D eigenvalue weighted by molar-refractivity contribution is 5.69. The standard InChI is InChI=1S/C18H37N3O2/c1-3-5-7-17(4-2)16-23-18(22)8-10-19-9-6-13-21-14-11-20-12-15-21/h17,19-20H,3-16H2,1-2H3. The lowest BCUT2D eigenvalue weighted by Gasteiger charge is -2.27. The summed E-state index contributed by atoms with van der Waals surface area (Å²) in [5.41, 5.74) is 0. The molecule has 2 N–H and O–H groups in total. The topological polar surface area (TPSA) is 53.6 Å². The molecule has 1 fully saturated rings. The molecule has 1 rings (SSSR count). The number of esters is 1. The van der Waals surface area contributed by atoms with E-state index in [0.29, 0.717) is 18.9 Å². The van der Waals surface area contributed by atoms with Gasteiger partial charge in [-0.25, -0.2) is 0 Å². The number of ether oxygens (including phenoxy) is 1. The first kappa shape index (κ1) is 20.4. The van der Waals surface area contributed by atoms with Crippen LogP contribution in [0.1, 0.15) is 52.4 Å². The minimum Gasteiger partial charge on any atom is -0.465 e. The van der Waals surface area contributed by atoms with Gasteiger partial charge in [-0.2, -0.15) is 0 Å². The summed E-state index contributed by atoms with van der Waals surface area (Å²) >= 11 is 0. The van der Waals surface area contributed by atoms with E-state index in [1.165, 1.54) is 19.3 Å². The van der Waals surface area contributed by atoms with Gasteiger partial charge in [0, 0.05) is 32.7 Å². The van der Waals surface area contributed by atoms with E-state index in [2.05, 4.69) is 29.4 Å². The first-order valence-electron chi connectivity index (χ1n) is 9.55. The molecule has 1 atom stereocenters. The van der Waals surface area contributed by atoms with Crippen LogP contribution in [-0.4, -0.2) is 63.3 Å². The number of hydrogen-bond acceptors (Lipinski definition) is 5. The third-order valence-corrected chi connectivity index (χ3v) is 4.57. The Labute approximate surface area is 142 Å². The van der Waals surface area contributed by atoms with E-state index >= 15 is 0 Å². The molecule has 0 aliphatic carbocycles. The van der Waals surface area contributed by atoms with Crippen LogP contribution in [0.25, 0.3) is 0 Å². The van der Waals surface area contributed by atoms with Gasteiger partial charge in [0.25, 0.3) is 0 Å². The summed E-state index contributed by atoms with van der Waals surface area (Å²) in [5, 5.41) is 6.71. The van der Waals surface area contributed by atoms with E-state index in [0.717, 1.165) is 58.7 Å². The zero-order chi connectivity index (χ0) is 16.8. The Morgan fingerprint density at radius 1 is 1.22 bits per heavy atom. The Balaban J connectivity index is 1.92. The van der Waals surface area contributed by atoms with Crippen LogP contribution in [0.15, 0.2) is 0 Å². The van der Waals surface area contributed by atoms with Crippen molar-refractivity contribution in [3.8, 4) is 0 Å². The molecule has 5 nitrogen and oxygen atoms in total. The minimum atomic E-state index is -0.0606. The van der Waals surface area contributed by atoms with E-state index in [4.69, 9.17) is 4.74 Å². The number of nitrogens with one attached hydrogen (secondary N) is 2. The maximum Gasteiger partial charge on any atom is 0.307 e. The van der Waals surface area contributed by atoms with E-state index < -0.39 is 0 Å². The van der Waals surface area contributed by atoms with Crippen molar-refractivity contribution in [3.63, 3.8) is 0 Å². The molecule has 0 bridgehead atoms. The predicted octanol–water partition coefficient (Wildman–Crippen LogP) is 2.02. The van der Waals surface area contributed by atoms with Crippen LogP contribution in [0.3, 0.4) is 0 Å². The van der Waals surface area contributed by atoms with Crippen molar-refractivity contribution in [2.75, 3.05) is 52.4 Å². The van der Waals surface area contributed by atoms with Crippen molar-refractivity contribution < 1.29 is 9.53 Å². The number of carbonyl (C=O) groups excluding carboxylic acids is 1. The van der Waals surface area contributed by atoms with Crippen molar-refractivity contribution in [3.05, 3.63) is 0 Å². The monoisotopic (exact) mass is 327 g/mol. The quantitative estimate of drug-likeness (QED) is 0.400. The van der Waals surface area contributed by atoms with Gasteiger partial charge in [-0.1, -0.05) is 33.1 Å². The molecule has 1 heterocycles. The second-order valence-electron chi connectivity index (χ2n) is 6.54. The van der Waals surface area contributed by atoms with Crippen LogP contribution in [0.2, 0.25) is 0 Å². The number of unbranched alkanes of at least 4 members (excludes halogenated alkanes) is 1. The van der Waals surface area contributed by atoms with Crippen molar-refractivity contribution in [1.82, 2.24) is 15.5 Å². The van der Waals surface area contributed by atoms with Crippen LogP contribution in [0, 0.1) is 5.92 Å². The fourth-order valence-electron chi connectivity index (χ4n) is 2.86. The van der Waals surface area contributed by atoms with Crippen LogP contribution in [0.5, 0.6) is 0 Å². The van der Waals surface area contributed by atoms with Gasteiger partial charge >= 0.3 is 5.97 Å². The summed E-state index contributed by atoms with van der Waals surface area (Å²) in [6.07, 6.45) is 6.33. The smallest absolute Gasteiger partial charge is 0.307 e. The molecule has 1 aliphatic heterocycles. The number of hydrogen-bond donors (Lipinski definition) is 2. The van der Waals surface area contributed by atoms with E-state index in [1.807, 2.05) is 0 Å². The molecule has 136 valence electrons. The molecule has 1 unspecified atom stereocenters. The highest BCUT2D eigenvalue weighted by Gasteiger charge is 2.10. The van der Waals surface area contributed by atoms with Crippen LogP contribution in [-0.2, 0) is 9.53 Å². The second-order valence-corrected chi connectivity index (χ2v) is 6.54. The minimum absolute atomic E-state index is 0.0606. The first-order valence-corrected chi connectivity index (χ1v) is 9.55. The zero-order valence-electron chi connectivity index (χ0n) is 15.2. The molecule has 0 aromatic rings. The summed E-state index contributed by atoms with van der Waals surface area (Å²) in [5.74, 6) is 0.473. The number of nitrogens with zero attached hydrogens (tertiary/aromatic N) is 1. The highest BCUT2D eigenvalue weighted by atomic mass is 16.5. The van der Waals surface area contributed by atoms with E-state index in [9.17, 15) is 4.79 Å². The Morgan fingerprint density at radius 2 is 2.00 bits per heavy atom. The van der Waals surface area contributed by atoms with Gasteiger partial charge in [0.2, 0.25) is 0 Å². The van der Waals surface area contributed by atoms with Crippen molar-refractivity contribution >= 4 is 5.97 Å². The fraction of sp³-hybridized carbons (Fsp3) is 0.944. The fourth-order valence-corrected chi connectivity index (χ4v) is 2.86. The molecular weight excluding hydrogens is 290 g/mol. The van der Waals surface area contributed by atoms with Gasteiger partial charge in [0.15, 0.2) is 0 Å². The second kappa shape index (κ2) is 13.8. The maximum absolute atomic E-state index is 11.7. The Bertz CT molecular complexity index is 294. The van der Waals surface area contributed by atoms with Gasteiger partial charge in [0.05, 0.1) is 13.0 Å². The normalized spacial score (nSPS) is 17.1. The summed E-state index contributed by atoms with van der Waals surface area (Å²) in [7, 11) is 0. The molecule has 0 aromatic carbocycles. The largest absolute Gasteiger partial charge is 0.465 e. The summed E-state index contributed by atoms with van der Waals surface area (Å²) in [6.45, 7) is 12.4. The van der Waals surface area contributed by atoms with Gasteiger partial charge < -0.3 is 20.3 Å². The molecule has 23 heavy (non-hydrogen) atoms. The predicted molar refractivity (Wildman–Crippen MR) is 95.7 cm³/mol. The summed E-state index contributed by atoms with van der Waals surface area (Å²) in [4.78, 5) is 14.2. The molecule has 0 aromatic heterocycles. The highest BCUT2D eigenvalue weighted by Crippen LogP contribution is 2.13. The lowest BCUT2D eigenvalue weighted by atomic mass is 10.0. The number of piperazine rings is 1. The molecule has 0 saturated carbocycles. The lowest BCUT2D eigenvalue weighted by Crippen LogP contribution is -2.44. The average molecular weight is 328 g/mol. The maximum atomic E-state index is 11.7. The number of rotatable bonds is 13. The Morgan fingerprint density at radius 3 is 2.70 bits per heavy atom. The summed E-state index contributed by atoms with van der Waals surface area (Å²) in [6, 6.07) is 0. The molecule has 5 heteroatoms. The van der Waals surface area contributed by atoms with E-state index in [-0.39, 0.29) is 5.97 Å². The molecule has 0 spiro atoms. The third kappa shape index (κ3) is 10.7. The van der Waals surface area contributed by atoms with Crippen LogP contribution < -0.4 is 10.6 Å². The van der Waals surface area contributed by atoms with Crippen LogP contribution >= 0.6 is 0 Å². The van der Waals surface area contributed by atoms with Crippen molar-refractivity contribution in [2.45, 2.75) is 52.4 Å². The molecule has 0 amide bonds. The molecular formula is C18H37N3O2. The molecule has 0 radical (unpaired) electrons. The molecule has 1 aliphatic rings. The van der Waals surface area contributed by atoms with Crippen LogP contribution in [0.4, 0.5) is 0 Å². The number of carbonyl (C=O) groups is 1. The third-order valence-electron chi connectivity index (χ3n) is 4.57. The first-order chi connectivity index (χ1) is 11.3.